The predicted molar refractivity (Wildman–Crippen MR) is 109 cm³/mol. The summed E-state index contributed by atoms with van der Waals surface area (Å²) >= 11 is 0. The smallest absolute Gasteiger partial charge is 0.317 e. The zero-order chi connectivity index (χ0) is 19.0. The van der Waals surface area contributed by atoms with Crippen molar-refractivity contribution >= 4 is 39.7 Å². The molecule has 5 nitrogen and oxygen atoms in total. The zero-order valence-corrected chi connectivity index (χ0v) is 16.8. The van der Waals surface area contributed by atoms with E-state index in [2.05, 4.69) is 5.32 Å². The minimum atomic E-state index is -4.04. The van der Waals surface area contributed by atoms with E-state index >= 15 is 0 Å². The van der Waals surface area contributed by atoms with Crippen molar-refractivity contribution in [3.8, 4) is 0 Å². The van der Waals surface area contributed by atoms with Crippen molar-refractivity contribution in [2.24, 2.45) is 5.92 Å². The quantitative estimate of drug-likeness (QED) is 0.799. The lowest BCUT2D eigenvalue weighted by Crippen LogP contribution is -2.38. The number of para-hydroxylation sites is 2. The van der Waals surface area contributed by atoms with Gasteiger partial charge in [0.05, 0.1) is 17.1 Å². The molecule has 2 aromatic carbocycles. The highest BCUT2D eigenvalue weighted by Crippen LogP contribution is 2.46. The van der Waals surface area contributed by atoms with Crippen molar-refractivity contribution in [3.63, 3.8) is 0 Å². The molecule has 1 saturated heterocycles. The van der Waals surface area contributed by atoms with Gasteiger partial charge >= 0.3 is 10.2 Å². The first-order chi connectivity index (χ1) is 13.0. The highest BCUT2D eigenvalue weighted by Gasteiger charge is 2.42. The van der Waals surface area contributed by atoms with Crippen molar-refractivity contribution in [2.75, 3.05) is 28.2 Å². The number of anilines is 3. The van der Waals surface area contributed by atoms with E-state index in [0.717, 1.165) is 42.7 Å². The summed E-state index contributed by atoms with van der Waals surface area (Å²) in [7, 11) is -4.04. The van der Waals surface area contributed by atoms with Crippen molar-refractivity contribution in [1.82, 2.24) is 5.32 Å². The van der Waals surface area contributed by atoms with Crippen LogP contribution in [0.4, 0.5) is 25.8 Å². The Morgan fingerprint density at radius 3 is 2.32 bits per heavy atom. The Kier molecular flexibility index (Phi) is 6.12. The molecule has 9 heteroatoms. The van der Waals surface area contributed by atoms with E-state index < -0.39 is 21.8 Å². The minimum Gasteiger partial charge on any atom is -0.317 e. The second-order valence-corrected chi connectivity index (χ2v) is 8.59. The lowest BCUT2D eigenvalue weighted by Gasteiger charge is -2.26. The number of nitrogens with one attached hydrogen (secondary N) is 1. The first-order valence-corrected chi connectivity index (χ1v) is 10.5. The van der Waals surface area contributed by atoms with Gasteiger partial charge in [0.25, 0.3) is 0 Å². The van der Waals surface area contributed by atoms with Crippen LogP contribution in [0.15, 0.2) is 42.5 Å². The largest absolute Gasteiger partial charge is 0.331 e. The molecular weight excluding hydrogens is 408 g/mol. The number of rotatable bonds is 4. The SMILES string of the molecule is Cl.O=S1(=O)N(CCC2CCNCC2)c2ccccc2N1c1cccc(F)c1F. The normalized spacial score (nSPS) is 18.6. The average molecular weight is 430 g/mol. The molecule has 152 valence electrons. The van der Waals surface area contributed by atoms with Crippen molar-refractivity contribution in [3.05, 3.63) is 54.1 Å². The van der Waals surface area contributed by atoms with Crippen LogP contribution < -0.4 is 13.9 Å². The highest BCUT2D eigenvalue weighted by atomic mass is 35.5. The Morgan fingerprint density at radius 2 is 1.61 bits per heavy atom. The lowest BCUT2D eigenvalue weighted by molar-refractivity contribution is 0.358. The average Bonchev–Trinajstić information content (AvgIpc) is 2.89. The van der Waals surface area contributed by atoms with Gasteiger partial charge in [-0.15, -0.1) is 12.4 Å². The highest BCUT2D eigenvalue weighted by molar-refractivity contribution is 7.95. The molecule has 0 radical (unpaired) electrons. The van der Waals surface area contributed by atoms with Gasteiger partial charge in [0.15, 0.2) is 11.6 Å². The summed E-state index contributed by atoms with van der Waals surface area (Å²) in [6.45, 7) is 2.20. The predicted octanol–water partition coefficient (Wildman–Crippen LogP) is 3.98. The lowest BCUT2D eigenvalue weighted by atomic mass is 9.95. The third-order valence-electron chi connectivity index (χ3n) is 5.23. The van der Waals surface area contributed by atoms with Gasteiger partial charge in [-0.1, -0.05) is 18.2 Å². The molecule has 1 fully saturated rings. The number of piperidine rings is 1. The Bertz CT molecular complexity index is 952. The van der Waals surface area contributed by atoms with Crippen molar-refractivity contribution in [2.45, 2.75) is 19.3 Å². The standard InChI is InChI=1S/C19H21F2N3O2S.ClH/c20-15-4-3-7-18(19(15)21)24-17-6-2-1-5-16(17)23(27(24,25)26)13-10-14-8-11-22-12-9-14;/h1-7,14,22H,8-13H2;1H. The third-order valence-corrected chi connectivity index (χ3v) is 7.02. The molecule has 2 aliphatic rings. The monoisotopic (exact) mass is 429 g/mol. The Hall–Kier alpha value is -1.90. The van der Waals surface area contributed by atoms with Crippen LogP contribution in [-0.2, 0) is 10.2 Å². The maximum absolute atomic E-state index is 14.4. The maximum Gasteiger partial charge on any atom is 0.331 e. The van der Waals surface area contributed by atoms with E-state index in [1.165, 1.54) is 16.4 Å². The van der Waals surface area contributed by atoms with Gasteiger partial charge in [-0.05, 0) is 62.5 Å². The zero-order valence-electron chi connectivity index (χ0n) is 15.1. The number of hydrogen-bond donors (Lipinski definition) is 1. The van der Waals surface area contributed by atoms with Crippen molar-refractivity contribution < 1.29 is 17.2 Å². The first kappa shape index (κ1) is 20.8. The summed E-state index contributed by atoms with van der Waals surface area (Å²) < 4.78 is 56.8. The molecule has 4 rings (SSSR count). The Labute approximate surface area is 169 Å². The van der Waals surface area contributed by atoms with Gasteiger partial charge in [-0.3, -0.25) is 4.31 Å². The summed E-state index contributed by atoms with van der Waals surface area (Å²) in [5, 5.41) is 3.30. The Morgan fingerprint density at radius 1 is 0.964 bits per heavy atom. The molecule has 28 heavy (non-hydrogen) atoms. The molecule has 0 aliphatic carbocycles. The second kappa shape index (κ2) is 8.23. The number of halogens is 3. The van der Waals surface area contributed by atoms with E-state index in [9.17, 15) is 17.2 Å². The maximum atomic E-state index is 14.4. The minimum absolute atomic E-state index is 0. The summed E-state index contributed by atoms with van der Waals surface area (Å²) in [5.74, 6) is -1.79. The van der Waals surface area contributed by atoms with E-state index in [4.69, 9.17) is 0 Å². The molecular formula is C19H22ClF2N3O2S. The summed E-state index contributed by atoms with van der Waals surface area (Å²) in [4.78, 5) is 0. The summed E-state index contributed by atoms with van der Waals surface area (Å²) in [6, 6.07) is 10.3. The van der Waals surface area contributed by atoms with E-state index in [-0.39, 0.29) is 18.1 Å². The number of fused-ring (bicyclic) bond motifs is 1. The molecule has 0 aromatic heterocycles. The molecule has 2 heterocycles. The molecule has 0 atom stereocenters. The van der Waals surface area contributed by atoms with Crippen LogP contribution in [0.5, 0.6) is 0 Å². The van der Waals surface area contributed by atoms with Gasteiger partial charge < -0.3 is 5.32 Å². The molecule has 0 saturated carbocycles. The third kappa shape index (κ3) is 3.56. The molecule has 0 spiro atoms. The van der Waals surface area contributed by atoms with Crippen LogP contribution >= 0.6 is 12.4 Å². The molecule has 1 N–H and O–H groups in total. The first-order valence-electron chi connectivity index (χ1n) is 9.07. The van der Waals surface area contributed by atoms with Gasteiger partial charge in [0.2, 0.25) is 0 Å². The van der Waals surface area contributed by atoms with E-state index in [1.54, 1.807) is 24.3 Å². The Balaban J connectivity index is 0.00000225. The second-order valence-electron chi connectivity index (χ2n) is 6.89. The molecule has 0 unspecified atom stereocenters. The van der Waals surface area contributed by atoms with Gasteiger partial charge in [-0.25, -0.2) is 13.1 Å². The topological polar surface area (TPSA) is 52.7 Å². The van der Waals surface area contributed by atoms with Gasteiger partial charge in [0, 0.05) is 6.54 Å². The van der Waals surface area contributed by atoms with Crippen LogP contribution in [-0.4, -0.2) is 28.1 Å². The molecule has 2 aliphatic heterocycles. The van der Waals surface area contributed by atoms with Crippen LogP contribution in [0.3, 0.4) is 0 Å². The number of hydrogen-bond acceptors (Lipinski definition) is 3. The van der Waals surface area contributed by atoms with Gasteiger partial charge in [0.1, 0.15) is 0 Å². The van der Waals surface area contributed by atoms with Crippen LogP contribution in [0.2, 0.25) is 0 Å². The summed E-state index contributed by atoms with van der Waals surface area (Å²) in [5.41, 5.74) is 0.536. The van der Waals surface area contributed by atoms with Gasteiger partial charge in [-0.2, -0.15) is 8.42 Å². The number of nitrogens with zero attached hydrogens (tertiary/aromatic N) is 2. The summed E-state index contributed by atoms with van der Waals surface area (Å²) in [6.07, 6.45) is 2.75. The molecule has 0 bridgehead atoms. The van der Waals surface area contributed by atoms with E-state index in [0.29, 0.717) is 23.8 Å². The number of benzene rings is 2. The van der Waals surface area contributed by atoms with Crippen LogP contribution in [0, 0.1) is 17.6 Å². The fourth-order valence-corrected chi connectivity index (χ4v) is 5.53. The fraction of sp³-hybridized carbons (Fsp3) is 0.368. The fourth-order valence-electron chi connectivity index (χ4n) is 3.80. The van der Waals surface area contributed by atoms with E-state index in [1.807, 2.05) is 0 Å². The van der Waals surface area contributed by atoms with Crippen LogP contribution in [0.1, 0.15) is 19.3 Å². The molecule has 0 amide bonds. The van der Waals surface area contributed by atoms with Crippen molar-refractivity contribution in [1.29, 1.82) is 0 Å². The molecule has 2 aromatic rings. The van der Waals surface area contributed by atoms with Crippen LogP contribution in [0.25, 0.3) is 0 Å².